The topological polar surface area (TPSA) is 0 Å². The van der Waals surface area contributed by atoms with Crippen LogP contribution in [0.2, 0.25) is 0 Å². The van der Waals surface area contributed by atoms with Gasteiger partial charge in [0.15, 0.2) is 0 Å². The van der Waals surface area contributed by atoms with Crippen LogP contribution in [0.1, 0.15) is 24.8 Å². The highest BCUT2D eigenvalue weighted by molar-refractivity contribution is 5.36. The van der Waals surface area contributed by atoms with Crippen LogP contribution in [0.5, 0.6) is 0 Å². The third-order valence-corrected chi connectivity index (χ3v) is 3.62. The van der Waals surface area contributed by atoms with E-state index in [9.17, 15) is 0 Å². The summed E-state index contributed by atoms with van der Waals surface area (Å²) in [5.41, 5.74) is 1.94. The minimum absolute atomic E-state index is 0.423. The van der Waals surface area contributed by atoms with Crippen molar-refractivity contribution < 1.29 is 0 Å². The van der Waals surface area contributed by atoms with Crippen molar-refractivity contribution in [1.82, 2.24) is 0 Å². The number of hydrogen-bond donors (Lipinski definition) is 0. The van der Waals surface area contributed by atoms with Crippen LogP contribution in [0.15, 0.2) is 55.6 Å². The van der Waals surface area contributed by atoms with Crippen molar-refractivity contribution in [2.24, 2.45) is 5.92 Å². The zero-order valence-corrected chi connectivity index (χ0v) is 9.15. The molecule has 1 fully saturated rings. The fourth-order valence-electron chi connectivity index (χ4n) is 2.88. The summed E-state index contributed by atoms with van der Waals surface area (Å²) in [6.45, 7) is 6.00. The predicted octanol–water partition coefficient (Wildman–Crippen LogP) is 4.10. The first-order chi connectivity index (χ1) is 7.39. The van der Waals surface area contributed by atoms with E-state index in [2.05, 4.69) is 55.6 Å². The zero-order chi connectivity index (χ0) is 10.7. The summed E-state index contributed by atoms with van der Waals surface area (Å²) in [5, 5.41) is 0. The molecule has 0 nitrogen and oxygen atoms in total. The van der Waals surface area contributed by atoms with E-state index in [-0.39, 0.29) is 0 Å². The normalized spacial score (nSPS) is 31.1. The standard InChI is InChI=1S/C13H14.C2H4/c1-2-4-12(5-3-1)13-8-6-11(10-13)7-9-13;1-2/h1-6,8,11H,7,9-10H2;1-2H2. The Hall–Kier alpha value is -1.30. The van der Waals surface area contributed by atoms with Crippen LogP contribution in [0, 0.1) is 5.92 Å². The van der Waals surface area contributed by atoms with Crippen molar-refractivity contribution >= 4 is 0 Å². The fraction of sp³-hybridized carbons (Fsp3) is 0.333. The molecule has 0 radical (unpaired) electrons. The maximum Gasteiger partial charge on any atom is 0.0138 e. The molecule has 2 bridgehead atoms. The van der Waals surface area contributed by atoms with E-state index in [0.29, 0.717) is 5.41 Å². The molecule has 0 aromatic heterocycles. The molecule has 0 heterocycles. The third-order valence-electron chi connectivity index (χ3n) is 3.62. The SMILES string of the molecule is C1=CC2(c3ccccc3)CCC1C2.C=C. The average Bonchev–Trinajstić information content (AvgIpc) is 2.94. The first kappa shape index (κ1) is 10.2. The lowest BCUT2D eigenvalue weighted by Crippen LogP contribution is -2.16. The van der Waals surface area contributed by atoms with E-state index < -0.39 is 0 Å². The van der Waals surface area contributed by atoms with Gasteiger partial charge in [-0.3, -0.25) is 0 Å². The molecule has 15 heavy (non-hydrogen) atoms. The second kappa shape index (κ2) is 4.06. The van der Waals surface area contributed by atoms with Crippen molar-refractivity contribution in [2.45, 2.75) is 24.7 Å². The molecule has 0 N–H and O–H groups in total. The molecule has 2 aliphatic carbocycles. The van der Waals surface area contributed by atoms with Gasteiger partial charge < -0.3 is 0 Å². The molecule has 2 unspecified atom stereocenters. The number of rotatable bonds is 1. The highest BCUT2D eigenvalue weighted by Crippen LogP contribution is 2.50. The molecule has 0 amide bonds. The van der Waals surface area contributed by atoms with Gasteiger partial charge in [-0.1, -0.05) is 42.5 Å². The van der Waals surface area contributed by atoms with Crippen LogP contribution >= 0.6 is 0 Å². The number of allylic oxidation sites excluding steroid dienone is 2. The first-order valence-electron chi connectivity index (χ1n) is 5.64. The zero-order valence-electron chi connectivity index (χ0n) is 9.15. The molecular formula is C15H18. The summed E-state index contributed by atoms with van der Waals surface area (Å²) in [4.78, 5) is 0. The Balaban J connectivity index is 0.000000404. The second-order valence-corrected chi connectivity index (χ2v) is 4.38. The lowest BCUT2D eigenvalue weighted by molar-refractivity contribution is 0.567. The van der Waals surface area contributed by atoms with Crippen molar-refractivity contribution in [3.63, 3.8) is 0 Å². The van der Waals surface area contributed by atoms with Crippen LogP contribution < -0.4 is 0 Å². The van der Waals surface area contributed by atoms with Gasteiger partial charge in [-0.2, -0.15) is 0 Å². The van der Waals surface area contributed by atoms with Gasteiger partial charge in [0.25, 0.3) is 0 Å². The van der Waals surface area contributed by atoms with Gasteiger partial charge in [0.1, 0.15) is 0 Å². The molecule has 1 aromatic carbocycles. The summed E-state index contributed by atoms with van der Waals surface area (Å²) < 4.78 is 0. The molecular weight excluding hydrogens is 180 g/mol. The molecule has 3 rings (SSSR count). The highest BCUT2D eigenvalue weighted by atomic mass is 14.4. The van der Waals surface area contributed by atoms with E-state index in [1.807, 2.05) is 0 Å². The Morgan fingerprint density at radius 1 is 1.13 bits per heavy atom. The summed E-state index contributed by atoms with van der Waals surface area (Å²) in [7, 11) is 0. The number of fused-ring (bicyclic) bond motifs is 2. The molecule has 0 aliphatic heterocycles. The molecule has 1 aromatic rings. The van der Waals surface area contributed by atoms with Gasteiger partial charge in [-0.15, -0.1) is 13.2 Å². The van der Waals surface area contributed by atoms with Crippen molar-refractivity contribution in [2.75, 3.05) is 0 Å². The van der Waals surface area contributed by atoms with Crippen LogP contribution in [-0.2, 0) is 5.41 Å². The lowest BCUT2D eigenvalue weighted by atomic mass is 9.80. The molecule has 2 aliphatic rings. The minimum atomic E-state index is 0.423. The van der Waals surface area contributed by atoms with Crippen LogP contribution in [0.25, 0.3) is 0 Å². The number of hydrogen-bond acceptors (Lipinski definition) is 0. The van der Waals surface area contributed by atoms with E-state index in [1.54, 1.807) is 0 Å². The van der Waals surface area contributed by atoms with E-state index in [4.69, 9.17) is 0 Å². The Bertz CT molecular complexity index is 350. The van der Waals surface area contributed by atoms with Crippen LogP contribution in [0.3, 0.4) is 0 Å². The minimum Gasteiger partial charge on any atom is -0.106 e. The quantitative estimate of drug-likeness (QED) is 0.596. The van der Waals surface area contributed by atoms with Gasteiger partial charge in [-0.05, 0) is 30.7 Å². The van der Waals surface area contributed by atoms with Gasteiger partial charge in [0, 0.05) is 5.41 Å². The molecule has 0 heteroatoms. The van der Waals surface area contributed by atoms with Gasteiger partial charge in [-0.25, -0.2) is 0 Å². The Kier molecular flexibility index (Phi) is 2.77. The molecule has 1 saturated carbocycles. The second-order valence-electron chi connectivity index (χ2n) is 4.38. The highest BCUT2D eigenvalue weighted by Gasteiger charge is 2.41. The lowest BCUT2D eigenvalue weighted by Gasteiger charge is -2.23. The van der Waals surface area contributed by atoms with E-state index in [0.717, 1.165) is 5.92 Å². The van der Waals surface area contributed by atoms with Crippen LogP contribution in [0.4, 0.5) is 0 Å². The van der Waals surface area contributed by atoms with Crippen molar-refractivity contribution in [3.05, 3.63) is 61.2 Å². The molecule has 78 valence electrons. The molecule has 2 atom stereocenters. The fourth-order valence-corrected chi connectivity index (χ4v) is 2.88. The average molecular weight is 198 g/mol. The van der Waals surface area contributed by atoms with Crippen molar-refractivity contribution in [1.29, 1.82) is 0 Å². The van der Waals surface area contributed by atoms with Crippen molar-refractivity contribution in [3.8, 4) is 0 Å². The summed E-state index contributed by atoms with van der Waals surface area (Å²) in [6.07, 6.45) is 8.97. The van der Waals surface area contributed by atoms with E-state index >= 15 is 0 Å². The Morgan fingerprint density at radius 3 is 2.33 bits per heavy atom. The van der Waals surface area contributed by atoms with Gasteiger partial charge in [0.2, 0.25) is 0 Å². The third kappa shape index (κ3) is 1.65. The summed E-state index contributed by atoms with van der Waals surface area (Å²) in [6, 6.07) is 11.0. The van der Waals surface area contributed by atoms with Gasteiger partial charge >= 0.3 is 0 Å². The van der Waals surface area contributed by atoms with E-state index in [1.165, 1.54) is 24.8 Å². The maximum atomic E-state index is 3.00. The summed E-state index contributed by atoms with van der Waals surface area (Å²) in [5.74, 6) is 0.875. The molecule has 0 saturated heterocycles. The molecule has 0 spiro atoms. The Morgan fingerprint density at radius 2 is 1.87 bits per heavy atom. The van der Waals surface area contributed by atoms with Crippen LogP contribution in [-0.4, -0.2) is 0 Å². The maximum absolute atomic E-state index is 3.00. The monoisotopic (exact) mass is 198 g/mol. The predicted molar refractivity (Wildman–Crippen MR) is 65.9 cm³/mol. The smallest absolute Gasteiger partial charge is 0.0138 e. The van der Waals surface area contributed by atoms with Gasteiger partial charge in [0.05, 0.1) is 0 Å². The largest absolute Gasteiger partial charge is 0.106 e. The Labute approximate surface area is 92.3 Å². The summed E-state index contributed by atoms with van der Waals surface area (Å²) >= 11 is 0. The number of benzene rings is 1. The first-order valence-corrected chi connectivity index (χ1v) is 5.64.